The molecule has 2 heterocycles. The maximum Gasteiger partial charge on any atom is 0.234 e. The molecular formula is C15H12F2N2OS. The highest BCUT2D eigenvalue weighted by atomic mass is 32.2. The van der Waals surface area contributed by atoms with Gasteiger partial charge in [-0.25, -0.2) is 8.78 Å². The SMILES string of the molecule is O=C1CSC(c2ccccn2)N1Cc1cccc(F)c1F. The molecule has 1 saturated heterocycles. The molecular weight excluding hydrogens is 294 g/mol. The lowest BCUT2D eigenvalue weighted by Gasteiger charge is -2.23. The molecule has 3 nitrogen and oxygen atoms in total. The van der Waals surface area contributed by atoms with E-state index in [-0.39, 0.29) is 23.4 Å². The van der Waals surface area contributed by atoms with Gasteiger partial charge in [0.15, 0.2) is 11.6 Å². The first-order chi connectivity index (χ1) is 10.2. The summed E-state index contributed by atoms with van der Waals surface area (Å²) in [6.07, 6.45) is 1.65. The summed E-state index contributed by atoms with van der Waals surface area (Å²) in [5.74, 6) is -1.58. The van der Waals surface area contributed by atoms with Crippen LogP contribution in [-0.4, -0.2) is 21.5 Å². The maximum absolute atomic E-state index is 13.8. The Labute approximate surface area is 125 Å². The zero-order valence-electron chi connectivity index (χ0n) is 11.0. The normalized spacial score (nSPS) is 18.3. The van der Waals surface area contributed by atoms with Gasteiger partial charge in [-0.2, -0.15) is 0 Å². The van der Waals surface area contributed by atoms with E-state index >= 15 is 0 Å². The predicted octanol–water partition coefficient (Wildman–Crippen LogP) is 3.13. The second-order valence-corrected chi connectivity index (χ2v) is 5.72. The van der Waals surface area contributed by atoms with Crippen LogP contribution in [0.5, 0.6) is 0 Å². The van der Waals surface area contributed by atoms with Crippen LogP contribution in [0.2, 0.25) is 0 Å². The van der Waals surface area contributed by atoms with Crippen LogP contribution in [0.1, 0.15) is 16.6 Å². The van der Waals surface area contributed by atoms with Gasteiger partial charge in [-0.1, -0.05) is 18.2 Å². The van der Waals surface area contributed by atoms with Gasteiger partial charge in [0.25, 0.3) is 0 Å². The number of halogens is 2. The zero-order chi connectivity index (χ0) is 14.8. The summed E-state index contributed by atoms with van der Waals surface area (Å²) in [6, 6.07) is 9.45. The van der Waals surface area contributed by atoms with Gasteiger partial charge < -0.3 is 4.90 Å². The van der Waals surface area contributed by atoms with Gasteiger partial charge in [-0.05, 0) is 18.2 Å². The second-order valence-electron chi connectivity index (χ2n) is 4.65. The third-order valence-corrected chi connectivity index (χ3v) is 4.51. The van der Waals surface area contributed by atoms with Crippen LogP contribution >= 0.6 is 11.8 Å². The van der Waals surface area contributed by atoms with E-state index in [0.717, 1.165) is 11.8 Å². The molecule has 0 spiro atoms. The first-order valence-corrected chi connectivity index (χ1v) is 7.46. The van der Waals surface area contributed by atoms with E-state index in [4.69, 9.17) is 0 Å². The molecule has 108 valence electrons. The Morgan fingerprint density at radius 1 is 1.24 bits per heavy atom. The number of hydrogen-bond donors (Lipinski definition) is 0. The molecule has 1 aromatic heterocycles. The molecule has 1 aliphatic heterocycles. The minimum atomic E-state index is -0.902. The topological polar surface area (TPSA) is 33.2 Å². The standard InChI is InChI=1S/C15H12F2N2OS/c16-11-5-3-4-10(14(11)17)8-19-13(20)9-21-15(19)12-6-1-2-7-18-12/h1-7,15H,8-9H2. The number of rotatable bonds is 3. The summed E-state index contributed by atoms with van der Waals surface area (Å²) in [5, 5.41) is -0.263. The Hall–Kier alpha value is -1.95. The Kier molecular flexibility index (Phi) is 3.88. The molecule has 1 fully saturated rings. The highest BCUT2D eigenvalue weighted by molar-refractivity contribution is 8.00. The van der Waals surface area contributed by atoms with Crippen LogP contribution in [0.4, 0.5) is 8.78 Å². The van der Waals surface area contributed by atoms with Gasteiger partial charge >= 0.3 is 0 Å². The van der Waals surface area contributed by atoms with E-state index in [9.17, 15) is 13.6 Å². The highest BCUT2D eigenvalue weighted by Gasteiger charge is 2.34. The second kappa shape index (κ2) is 5.81. The van der Waals surface area contributed by atoms with Crippen molar-refractivity contribution >= 4 is 17.7 Å². The van der Waals surface area contributed by atoms with Gasteiger partial charge in [0.2, 0.25) is 5.91 Å². The van der Waals surface area contributed by atoms with Gasteiger partial charge in [-0.3, -0.25) is 9.78 Å². The molecule has 2 aromatic rings. The van der Waals surface area contributed by atoms with Crippen LogP contribution in [0.3, 0.4) is 0 Å². The number of carbonyl (C=O) groups is 1. The van der Waals surface area contributed by atoms with E-state index in [1.54, 1.807) is 12.3 Å². The molecule has 1 aliphatic rings. The van der Waals surface area contributed by atoms with Crippen molar-refractivity contribution in [2.24, 2.45) is 0 Å². The molecule has 1 aromatic carbocycles. The van der Waals surface area contributed by atoms with Crippen LogP contribution in [0, 0.1) is 11.6 Å². The van der Waals surface area contributed by atoms with Crippen molar-refractivity contribution in [3.63, 3.8) is 0 Å². The number of nitrogens with zero attached hydrogens (tertiary/aromatic N) is 2. The molecule has 1 unspecified atom stereocenters. The summed E-state index contributed by atoms with van der Waals surface area (Å²) in [6.45, 7) is 0.0384. The molecule has 6 heteroatoms. The largest absolute Gasteiger partial charge is 0.320 e. The summed E-state index contributed by atoms with van der Waals surface area (Å²) in [4.78, 5) is 17.8. The quantitative estimate of drug-likeness (QED) is 0.873. The van der Waals surface area contributed by atoms with E-state index in [1.807, 2.05) is 12.1 Å². The number of hydrogen-bond acceptors (Lipinski definition) is 3. The van der Waals surface area contributed by atoms with Gasteiger partial charge in [0.1, 0.15) is 5.37 Å². The number of amides is 1. The lowest BCUT2D eigenvalue weighted by molar-refractivity contribution is -0.128. The van der Waals surface area contributed by atoms with Crippen molar-refractivity contribution in [3.8, 4) is 0 Å². The van der Waals surface area contributed by atoms with Crippen LogP contribution in [0.15, 0.2) is 42.6 Å². The molecule has 1 atom stereocenters. The molecule has 0 N–H and O–H groups in total. The molecule has 21 heavy (non-hydrogen) atoms. The summed E-state index contributed by atoms with van der Waals surface area (Å²) < 4.78 is 27.1. The van der Waals surface area contributed by atoms with E-state index in [1.165, 1.54) is 28.8 Å². The smallest absolute Gasteiger partial charge is 0.234 e. The van der Waals surface area contributed by atoms with Gasteiger partial charge in [-0.15, -0.1) is 11.8 Å². The lowest BCUT2D eigenvalue weighted by Crippen LogP contribution is -2.28. The lowest BCUT2D eigenvalue weighted by atomic mass is 10.2. The van der Waals surface area contributed by atoms with Crippen molar-refractivity contribution in [3.05, 3.63) is 65.5 Å². The average molecular weight is 306 g/mol. The minimum Gasteiger partial charge on any atom is -0.320 e. The molecule has 0 aliphatic carbocycles. The molecule has 3 rings (SSSR count). The molecule has 0 radical (unpaired) electrons. The van der Waals surface area contributed by atoms with Crippen molar-refractivity contribution in [2.75, 3.05) is 5.75 Å². The highest BCUT2D eigenvalue weighted by Crippen LogP contribution is 2.38. The van der Waals surface area contributed by atoms with Crippen LogP contribution in [-0.2, 0) is 11.3 Å². The third kappa shape index (κ3) is 2.76. The fourth-order valence-electron chi connectivity index (χ4n) is 2.25. The van der Waals surface area contributed by atoms with E-state index in [2.05, 4.69) is 4.98 Å². The van der Waals surface area contributed by atoms with Gasteiger partial charge in [0, 0.05) is 11.8 Å². The maximum atomic E-state index is 13.8. The predicted molar refractivity (Wildman–Crippen MR) is 76.3 cm³/mol. The summed E-state index contributed by atoms with van der Waals surface area (Å²) in [5.41, 5.74) is 0.914. The third-order valence-electron chi connectivity index (χ3n) is 3.28. The van der Waals surface area contributed by atoms with E-state index < -0.39 is 11.6 Å². The molecule has 0 bridgehead atoms. The van der Waals surface area contributed by atoms with Crippen molar-refractivity contribution in [1.29, 1.82) is 0 Å². The van der Waals surface area contributed by atoms with Crippen molar-refractivity contribution in [1.82, 2.24) is 9.88 Å². The van der Waals surface area contributed by atoms with Crippen molar-refractivity contribution < 1.29 is 13.6 Å². The number of pyridine rings is 1. The Morgan fingerprint density at radius 2 is 2.10 bits per heavy atom. The monoisotopic (exact) mass is 306 g/mol. The summed E-state index contributed by atoms with van der Waals surface area (Å²) >= 11 is 1.44. The van der Waals surface area contributed by atoms with E-state index in [0.29, 0.717) is 5.75 Å². The van der Waals surface area contributed by atoms with Crippen LogP contribution < -0.4 is 0 Å². The Bertz CT molecular complexity index is 666. The molecule has 1 amide bonds. The number of carbonyl (C=O) groups excluding carboxylic acids is 1. The summed E-state index contributed by atoms with van der Waals surface area (Å²) in [7, 11) is 0. The Balaban J connectivity index is 1.88. The Morgan fingerprint density at radius 3 is 2.86 bits per heavy atom. The van der Waals surface area contributed by atoms with Crippen LogP contribution in [0.25, 0.3) is 0 Å². The van der Waals surface area contributed by atoms with Gasteiger partial charge in [0.05, 0.1) is 18.0 Å². The minimum absolute atomic E-state index is 0.0384. The zero-order valence-corrected chi connectivity index (χ0v) is 11.8. The molecule has 0 saturated carbocycles. The first kappa shape index (κ1) is 14.0. The fourth-order valence-corrected chi connectivity index (χ4v) is 3.39. The average Bonchev–Trinajstić information content (AvgIpc) is 2.86. The number of aromatic nitrogens is 1. The fraction of sp³-hybridized carbons (Fsp3) is 0.200. The van der Waals surface area contributed by atoms with Crippen molar-refractivity contribution in [2.45, 2.75) is 11.9 Å². The number of thioether (sulfide) groups is 1. The number of benzene rings is 1. The first-order valence-electron chi connectivity index (χ1n) is 6.41.